The van der Waals surface area contributed by atoms with Crippen molar-refractivity contribution in [3.05, 3.63) is 57.9 Å². The van der Waals surface area contributed by atoms with E-state index in [-0.39, 0.29) is 16.3 Å². The van der Waals surface area contributed by atoms with Crippen LogP contribution < -0.4 is 9.64 Å². The minimum absolute atomic E-state index is 0.191. The highest BCUT2D eigenvalue weighted by atomic mass is 32.2. The number of sulfone groups is 1. The number of nitro benzene ring substituents is 1. The molecule has 0 unspecified atom stereocenters. The second-order valence-corrected chi connectivity index (χ2v) is 8.87. The van der Waals surface area contributed by atoms with Crippen LogP contribution in [0.5, 0.6) is 5.75 Å². The number of methoxy groups -OCH3 is 1. The van der Waals surface area contributed by atoms with Gasteiger partial charge in [0, 0.05) is 39.0 Å². The van der Waals surface area contributed by atoms with E-state index in [2.05, 4.69) is 4.90 Å². The van der Waals surface area contributed by atoms with Crippen molar-refractivity contribution in [3.8, 4) is 5.75 Å². The maximum absolute atomic E-state index is 13.9. The number of halogens is 1. The fraction of sp³-hybridized carbons (Fsp3) is 0.368. The van der Waals surface area contributed by atoms with E-state index in [1.165, 1.54) is 25.3 Å². The number of nitro groups is 1. The molecule has 1 heterocycles. The lowest BCUT2D eigenvalue weighted by Crippen LogP contribution is -2.46. The Balaban J connectivity index is 1.74. The highest BCUT2D eigenvalue weighted by Gasteiger charge is 2.30. The Morgan fingerprint density at radius 1 is 1.17 bits per heavy atom. The zero-order valence-electron chi connectivity index (χ0n) is 16.2. The molecule has 156 valence electrons. The number of hydrogen-bond donors (Lipinski definition) is 0. The Bertz CT molecular complexity index is 1020. The Morgan fingerprint density at radius 3 is 2.41 bits per heavy atom. The van der Waals surface area contributed by atoms with E-state index in [0.717, 1.165) is 11.8 Å². The third-order valence-corrected chi connectivity index (χ3v) is 6.02. The van der Waals surface area contributed by atoms with Crippen LogP contribution in [0.2, 0.25) is 0 Å². The number of para-hydroxylation sites is 1. The summed E-state index contributed by atoms with van der Waals surface area (Å²) < 4.78 is 42.7. The van der Waals surface area contributed by atoms with E-state index in [1.54, 1.807) is 18.2 Å². The fourth-order valence-electron chi connectivity index (χ4n) is 3.46. The van der Waals surface area contributed by atoms with Gasteiger partial charge in [0.25, 0.3) is 0 Å². The summed E-state index contributed by atoms with van der Waals surface area (Å²) in [7, 11) is -2.31. The van der Waals surface area contributed by atoms with Gasteiger partial charge in [0.05, 0.1) is 12.0 Å². The Kier molecular flexibility index (Phi) is 6.04. The Hall–Kier alpha value is -2.72. The summed E-state index contributed by atoms with van der Waals surface area (Å²) in [6.45, 7) is 2.74. The van der Waals surface area contributed by atoms with E-state index in [9.17, 15) is 22.9 Å². The van der Waals surface area contributed by atoms with Crippen LogP contribution in [0.1, 0.15) is 5.56 Å². The molecule has 10 heteroatoms. The first-order chi connectivity index (χ1) is 13.7. The third kappa shape index (κ3) is 4.65. The standard InChI is InChI=1S/C19H22FN3O5S/c1-28-17-7-6-14(12-15(17)20)13-21-8-10-22(11-9-21)16-4-3-5-18(29(2,26)27)19(16)23(24)25/h3-7,12H,8-11,13H2,1-2H3. The van der Waals surface area contributed by atoms with Crippen LogP contribution in [0.15, 0.2) is 41.3 Å². The lowest BCUT2D eigenvalue weighted by molar-refractivity contribution is -0.387. The molecule has 1 aliphatic heterocycles. The zero-order valence-corrected chi connectivity index (χ0v) is 17.0. The lowest BCUT2D eigenvalue weighted by Gasteiger charge is -2.36. The number of hydrogen-bond acceptors (Lipinski definition) is 7. The van der Waals surface area contributed by atoms with Crippen molar-refractivity contribution in [2.24, 2.45) is 0 Å². The maximum Gasteiger partial charge on any atom is 0.311 e. The van der Waals surface area contributed by atoms with Gasteiger partial charge in [0.1, 0.15) is 10.6 Å². The molecule has 0 aliphatic carbocycles. The summed E-state index contributed by atoms with van der Waals surface area (Å²) in [5.74, 6) is -0.228. The maximum atomic E-state index is 13.9. The molecule has 2 aromatic carbocycles. The van der Waals surface area contributed by atoms with Gasteiger partial charge in [-0.2, -0.15) is 0 Å². The predicted molar refractivity (Wildman–Crippen MR) is 107 cm³/mol. The van der Waals surface area contributed by atoms with E-state index in [1.807, 2.05) is 4.90 Å². The third-order valence-electron chi connectivity index (χ3n) is 4.90. The first-order valence-corrected chi connectivity index (χ1v) is 10.9. The average molecular weight is 423 g/mol. The van der Waals surface area contributed by atoms with Gasteiger partial charge in [-0.3, -0.25) is 15.0 Å². The number of anilines is 1. The number of ether oxygens (including phenoxy) is 1. The molecule has 0 atom stereocenters. The van der Waals surface area contributed by atoms with Crippen molar-refractivity contribution in [2.45, 2.75) is 11.4 Å². The SMILES string of the molecule is COc1ccc(CN2CCN(c3cccc(S(C)(=O)=O)c3[N+](=O)[O-])CC2)cc1F. The van der Waals surface area contributed by atoms with Crippen molar-refractivity contribution >= 4 is 21.2 Å². The molecule has 0 saturated carbocycles. The largest absolute Gasteiger partial charge is 0.494 e. The average Bonchev–Trinajstić information content (AvgIpc) is 2.67. The lowest BCUT2D eigenvalue weighted by atomic mass is 10.1. The molecule has 0 radical (unpaired) electrons. The molecule has 3 rings (SSSR count). The molecule has 0 aromatic heterocycles. The van der Waals surface area contributed by atoms with Crippen LogP contribution in [0.4, 0.5) is 15.8 Å². The molecule has 0 N–H and O–H groups in total. The minimum Gasteiger partial charge on any atom is -0.494 e. The van der Waals surface area contributed by atoms with Gasteiger partial charge in [-0.25, -0.2) is 12.8 Å². The number of benzene rings is 2. The fourth-order valence-corrected chi connectivity index (χ4v) is 4.32. The first-order valence-electron chi connectivity index (χ1n) is 8.98. The smallest absolute Gasteiger partial charge is 0.311 e. The van der Waals surface area contributed by atoms with Crippen LogP contribution in [0, 0.1) is 15.9 Å². The second-order valence-electron chi connectivity index (χ2n) is 6.89. The number of rotatable bonds is 6. The summed E-state index contributed by atoms with van der Waals surface area (Å²) in [5, 5.41) is 11.6. The quantitative estimate of drug-likeness (QED) is 0.520. The summed E-state index contributed by atoms with van der Waals surface area (Å²) in [6.07, 6.45) is 0.963. The van der Waals surface area contributed by atoms with Crippen molar-refractivity contribution < 1.29 is 22.5 Å². The van der Waals surface area contributed by atoms with E-state index in [4.69, 9.17) is 4.74 Å². The summed E-state index contributed by atoms with van der Waals surface area (Å²) in [4.78, 5) is 14.6. The monoisotopic (exact) mass is 423 g/mol. The highest BCUT2D eigenvalue weighted by Crippen LogP contribution is 2.35. The molecule has 1 saturated heterocycles. The molecule has 1 aliphatic rings. The van der Waals surface area contributed by atoms with Crippen LogP contribution in [-0.2, 0) is 16.4 Å². The molecule has 1 fully saturated rings. The van der Waals surface area contributed by atoms with Gasteiger partial charge < -0.3 is 9.64 Å². The normalized spacial score (nSPS) is 15.3. The van der Waals surface area contributed by atoms with E-state index in [0.29, 0.717) is 38.4 Å². The second kappa shape index (κ2) is 8.34. The van der Waals surface area contributed by atoms with Gasteiger partial charge in [-0.05, 0) is 29.8 Å². The molecule has 8 nitrogen and oxygen atoms in total. The molecule has 0 spiro atoms. The predicted octanol–water partition coefficient (Wildman–Crippen LogP) is 2.47. The number of piperazine rings is 1. The Labute approximate surface area is 168 Å². The van der Waals surface area contributed by atoms with E-state index < -0.39 is 20.6 Å². The molecule has 2 aromatic rings. The van der Waals surface area contributed by atoms with Gasteiger partial charge in [0.2, 0.25) is 0 Å². The van der Waals surface area contributed by atoms with Gasteiger partial charge >= 0.3 is 5.69 Å². The molecule has 0 amide bonds. The van der Waals surface area contributed by atoms with Crippen LogP contribution in [-0.4, -0.2) is 57.8 Å². The molecule has 29 heavy (non-hydrogen) atoms. The van der Waals surface area contributed by atoms with Crippen molar-refractivity contribution in [2.75, 3.05) is 44.4 Å². The van der Waals surface area contributed by atoms with Crippen molar-refractivity contribution in [1.82, 2.24) is 4.90 Å². The summed E-state index contributed by atoms with van der Waals surface area (Å²) in [5.41, 5.74) is 0.718. The van der Waals surface area contributed by atoms with Crippen LogP contribution in [0.3, 0.4) is 0 Å². The van der Waals surface area contributed by atoms with E-state index >= 15 is 0 Å². The van der Waals surface area contributed by atoms with Crippen LogP contribution in [0.25, 0.3) is 0 Å². The molecular weight excluding hydrogens is 401 g/mol. The Morgan fingerprint density at radius 2 is 1.86 bits per heavy atom. The topological polar surface area (TPSA) is 93.0 Å². The van der Waals surface area contributed by atoms with Gasteiger partial charge in [0.15, 0.2) is 21.4 Å². The van der Waals surface area contributed by atoms with Crippen molar-refractivity contribution in [1.29, 1.82) is 0 Å². The van der Waals surface area contributed by atoms with Crippen LogP contribution >= 0.6 is 0 Å². The molecule has 0 bridgehead atoms. The summed E-state index contributed by atoms with van der Waals surface area (Å²) in [6, 6.07) is 9.17. The highest BCUT2D eigenvalue weighted by molar-refractivity contribution is 7.90. The number of nitrogens with zero attached hydrogens (tertiary/aromatic N) is 3. The van der Waals surface area contributed by atoms with Crippen molar-refractivity contribution in [3.63, 3.8) is 0 Å². The first kappa shape index (κ1) is 21.0. The molecular formula is C19H22FN3O5S. The van der Waals surface area contributed by atoms with Gasteiger partial charge in [-0.1, -0.05) is 12.1 Å². The zero-order chi connectivity index (χ0) is 21.2. The van der Waals surface area contributed by atoms with Gasteiger partial charge in [-0.15, -0.1) is 0 Å². The minimum atomic E-state index is -3.73. The summed E-state index contributed by atoms with van der Waals surface area (Å²) >= 11 is 0.